The maximum absolute atomic E-state index is 12.3. The zero-order valence-corrected chi connectivity index (χ0v) is 13.3. The van der Waals surface area contributed by atoms with E-state index in [9.17, 15) is 9.90 Å². The highest BCUT2D eigenvalue weighted by Crippen LogP contribution is 2.32. The molecule has 0 spiro atoms. The number of hydrogen-bond donors (Lipinski definition) is 2. The molecular formula is C18H16N2O5. The van der Waals surface area contributed by atoms with E-state index in [-0.39, 0.29) is 18.4 Å². The number of oxime groups is 1. The van der Waals surface area contributed by atoms with Gasteiger partial charge in [-0.05, 0) is 29.8 Å². The van der Waals surface area contributed by atoms with E-state index in [0.29, 0.717) is 35.7 Å². The van der Waals surface area contributed by atoms with Crippen molar-refractivity contribution in [1.82, 2.24) is 5.32 Å². The number of amides is 1. The number of benzene rings is 2. The maximum atomic E-state index is 12.3. The highest BCUT2D eigenvalue weighted by molar-refractivity contribution is 6.05. The van der Waals surface area contributed by atoms with E-state index in [1.54, 1.807) is 24.3 Å². The van der Waals surface area contributed by atoms with Crippen molar-refractivity contribution >= 4 is 11.6 Å². The molecule has 2 N–H and O–H groups in total. The normalized spacial score (nSPS) is 17.8. The molecule has 2 aliphatic rings. The summed E-state index contributed by atoms with van der Waals surface area (Å²) in [7, 11) is 0. The molecule has 2 aliphatic heterocycles. The molecule has 2 heterocycles. The fourth-order valence-corrected chi connectivity index (χ4v) is 2.75. The fraction of sp³-hybridized carbons (Fsp3) is 0.222. The molecule has 0 radical (unpaired) electrons. The molecule has 128 valence electrons. The van der Waals surface area contributed by atoms with Crippen LogP contribution in [0.3, 0.4) is 0 Å². The zero-order chi connectivity index (χ0) is 17.2. The van der Waals surface area contributed by atoms with Gasteiger partial charge < -0.3 is 24.7 Å². The summed E-state index contributed by atoms with van der Waals surface area (Å²) in [6.07, 6.45) is -0.395. The van der Waals surface area contributed by atoms with Crippen molar-refractivity contribution in [1.29, 1.82) is 0 Å². The largest absolute Gasteiger partial charge is 0.507 e. The number of hydrogen-bond acceptors (Lipinski definition) is 6. The maximum Gasteiger partial charge on any atom is 0.264 e. The molecule has 1 atom stereocenters. The number of phenols is 1. The van der Waals surface area contributed by atoms with Crippen molar-refractivity contribution in [3.8, 4) is 17.2 Å². The highest BCUT2D eigenvalue weighted by Gasteiger charge is 2.29. The molecule has 1 amide bonds. The van der Waals surface area contributed by atoms with Crippen LogP contribution in [-0.4, -0.2) is 29.6 Å². The lowest BCUT2D eigenvalue weighted by Crippen LogP contribution is -2.34. The summed E-state index contributed by atoms with van der Waals surface area (Å²) in [5.74, 6) is 1.24. The molecule has 1 unspecified atom stereocenters. The van der Waals surface area contributed by atoms with Crippen molar-refractivity contribution in [3.05, 3.63) is 53.6 Å². The molecule has 0 aliphatic carbocycles. The first-order valence-electron chi connectivity index (χ1n) is 7.88. The molecule has 25 heavy (non-hydrogen) atoms. The third-order valence-electron chi connectivity index (χ3n) is 4.08. The Balaban J connectivity index is 1.35. The van der Waals surface area contributed by atoms with Crippen LogP contribution in [-0.2, 0) is 16.2 Å². The van der Waals surface area contributed by atoms with E-state index >= 15 is 0 Å². The average molecular weight is 340 g/mol. The summed E-state index contributed by atoms with van der Waals surface area (Å²) in [6, 6.07) is 12.4. The Labute approximate surface area is 143 Å². The Kier molecular flexibility index (Phi) is 3.89. The van der Waals surface area contributed by atoms with E-state index in [1.807, 2.05) is 18.2 Å². The molecule has 7 nitrogen and oxygen atoms in total. The van der Waals surface area contributed by atoms with Crippen LogP contribution in [0.2, 0.25) is 0 Å². The third-order valence-corrected chi connectivity index (χ3v) is 4.08. The quantitative estimate of drug-likeness (QED) is 0.888. The summed E-state index contributed by atoms with van der Waals surface area (Å²) in [5.41, 5.74) is 2.03. The number of nitrogens with one attached hydrogen (secondary N) is 1. The minimum Gasteiger partial charge on any atom is -0.507 e. The van der Waals surface area contributed by atoms with E-state index in [2.05, 4.69) is 10.5 Å². The third kappa shape index (κ3) is 3.08. The summed E-state index contributed by atoms with van der Waals surface area (Å²) in [5, 5.41) is 16.6. The number of para-hydroxylation sites is 1. The van der Waals surface area contributed by atoms with Crippen molar-refractivity contribution < 1.29 is 24.2 Å². The summed E-state index contributed by atoms with van der Waals surface area (Å²) < 4.78 is 10.6. The monoisotopic (exact) mass is 340 g/mol. The van der Waals surface area contributed by atoms with Gasteiger partial charge in [0.05, 0.1) is 5.71 Å². The number of nitrogens with zero attached hydrogens (tertiary/aromatic N) is 1. The van der Waals surface area contributed by atoms with E-state index in [0.717, 1.165) is 5.56 Å². The van der Waals surface area contributed by atoms with Gasteiger partial charge in [0.25, 0.3) is 5.91 Å². The van der Waals surface area contributed by atoms with Gasteiger partial charge in [0.15, 0.2) is 11.5 Å². The van der Waals surface area contributed by atoms with Gasteiger partial charge in [0.1, 0.15) is 5.75 Å². The second-order valence-electron chi connectivity index (χ2n) is 5.76. The number of rotatable bonds is 4. The van der Waals surface area contributed by atoms with Gasteiger partial charge in [-0.3, -0.25) is 4.79 Å². The Hall–Kier alpha value is -3.22. The zero-order valence-electron chi connectivity index (χ0n) is 13.3. The van der Waals surface area contributed by atoms with Crippen molar-refractivity contribution in [2.75, 3.05) is 6.79 Å². The van der Waals surface area contributed by atoms with Crippen molar-refractivity contribution in [2.24, 2.45) is 5.16 Å². The Morgan fingerprint density at radius 1 is 1.20 bits per heavy atom. The first kappa shape index (κ1) is 15.3. The first-order valence-corrected chi connectivity index (χ1v) is 7.88. The molecule has 7 heteroatoms. The van der Waals surface area contributed by atoms with Gasteiger partial charge in [-0.15, -0.1) is 0 Å². The van der Waals surface area contributed by atoms with Crippen molar-refractivity contribution in [3.63, 3.8) is 0 Å². The number of aromatic hydroxyl groups is 1. The van der Waals surface area contributed by atoms with Crippen LogP contribution in [0.1, 0.15) is 17.5 Å². The molecule has 0 saturated carbocycles. The fourth-order valence-electron chi connectivity index (χ4n) is 2.75. The number of ether oxygens (including phenoxy) is 2. The molecular weight excluding hydrogens is 324 g/mol. The Morgan fingerprint density at radius 2 is 2.04 bits per heavy atom. The molecule has 0 aromatic heterocycles. The standard InChI is InChI=1S/C18H16N2O5/c21-14-4-2-1-3-12(14)13-8-17(25-20-13)18(22)19-9-11-5-6-15-16(7-11)24-10-23-15/h1-7,17,21H,8-10H2,(H,19,22). The number of carbonyl (C=O) groups excluding carboxylic acids is 1. The predicted molar refractivity (Wildman–Crippen MR) is 88.5 cm³/mol. The van der Waals surface area contributed by atoms with Gasteiger partial charge >= 0.3 is 0 Å². The number of phenolic OH excluding ortho intramolecular Hbond substituents is 1. The predicted octanol–water partition coefficient (Wildman–Crippen LogP) is 1.93. The second-order valence-corrected chi connectivity index (χ2v) is 5.76. The first-order chi connectivity index (χ1) is 12.2. The van der Waals surface area contributed by atoms with Crippen molar-refractivity contribution in [2.45, 2.75) is 19.1 Å². The summed E-state index contributed by atoms with van der Waals surface area (Å²) in [4.78, 5) is 17.5. The molecule has 0 saturated heterocycles. The number of fused-ring (bicyclic) bond motifs is 1. The molecule has 2 aromatic rings. The Morgan fingerprint density at radius 3 is 2.92 bits per heavy atom. The van der Waals surface area contributed by atoms with Crippen LogP contribution in [0, 0.1) is 0 Å². The molecule has 0 fully saturated rings. The second kappa shape index (κ2) is 6.35. The summed E-state index contributed by atoms with van der Waals surface area (Å²) >= 11 is 0. The van der Waals surface area contributed by atoms with Crippen LogP contribution in [0.15, 0.2) is 47.6 Å². The van der Waals surface area contributed by atoms with E-state index in [1.165, 1.54) is 0 Å². The molecule has 0 bridgehead atoms. The lowest BCUT2D eigenvalue weighted by atomic mass is 10.0. The minimum atomic E-state index is -0.705. The number of carbonyl (C=O) groups is 1. The van der Waals surface area contributed by atoms with Gasteiger partial charge in [0, 0.05) is 18.5 Å². The SMILES string of the molecule is O=C(NCc1ccc2c(c1)OCO2)C1CC(c2ccccc2O)=NO1. The van der Waals surface area contributed by atoms with Gasteiger partial charge in [-0.25, -0.2) is 0 Å². The highest BCUT2D eigenvalue weighted by atomic mass is 16.7. The lowest BCUT2D eigenvalue weighted by Gasteiger charge is -2.10. The van der Waals surface area contributed by atoms with Gasteiger partial charge in [0.2, 0.25) is 12.9 Å². The van der Waals surface area contributed by atoms with Crippen LogP contribution >= 0.6 is 0 Å². The Bertz CT molecular complexity index is 849. The van der Waals surface area contributed by atoms with Gasteiger partial charge in [-0.2, -0.15) is 0 Å². The average Bonchev–Trinajstić information content (AvgIpc) is 3.29. The van der Waals surface area contributed by atoms with E-state index < -0.39 is 6.10 Å². The van der Waals surface area contributed by atoms with Gasteiger partial charge in [-0.1, -0.05) is 23.4 Å². The lowest BCUT2D eigenvalue weighted by molar-refractivity contribution is -0.131. The van der Waals surface area contributed by atoms with Crippen LogP contribution in [0.5, 0.6) is 17.2 Å². The van der Waals surface area contributed by atoms with Crippen LogP contribution in [0.25, 0.3) is 0 Å². The topological polar surface area (TPSA) is 89.4 Å². The minimum absolute atomic E-state index is 0.117. The molecule has 2 aromatic carbocycles. The summed E-state index contributed by atoms with van der Waals surface area (Å²) in [6.45, 7) is 0.564. The smallest absolute Gasteiger partial charge is 0.264 e. The van der Waals surface area contributed by atoms with E-state index in [4.69, 9.17) is 14.3 Å². The molecule has 4 rings (SSSR count). The van der Waals surface area contributed by atoms with Crippen LogP contribution in [0.4, 0.5) is 0 Å². The van der Waals surface area contributed by atoms with Crippen LogP contribution < -0.4 is 14.8 Å².